The van der Waals surface area contributed by atoms with Crippen LogP contribution in [-0.4, -0.2) is 37.2 Å². The quantitative estimate of drug-likeness (QED) is 0.0261. The van der Waals surface area contributed by atoms with E-state index < -0.39 is 6.10 Å². The van der Waals surface area contributed by atoms with Crippen LogP contribution in [0.5, 0.6) is 0 Å². The van der Waals surface area contributed by atoms with Crippen molar-refractivity contribution >= 4 is 17.9 Å². The molecule has 0 radical (unpaired) electrons. The van der Waals surface area contributed by atoms with Crippen molar-refractivity contribution in [1.82, 2.24) is 0 Å². The molecule has 0 rings (SSSR count). The average molecular weight is 1090 g/mol. The number of ether oxygens (including phenoxy) is 3. The molecule has 0 saturated heterocycles. The Kier molecular flexibility index (Phi) is 61.4. The fourth-order valence-electron chi connectivity index (χ4n) is 8.27. The molecule has 0 aromatic heterocycles. The fourth-order valence-corrected chi connectivity index (χ4v) is 8.27. The summed E-state index contributed by atoms with van der Waals surface area (Å²) in [4.78, 5) is 38.4. The summed E-state index contributed by atoms with van der Waals surface area (Å²) in [7, 11) is 0. The Bertz CT molecular complexity index is 1780. The van der Waals surface area contributed by atoms with E-state index in [2.05, 4.69) is 179 Å². The van der Waals surface area contributed by atoms with E-state index in [1.165, 1.54) is 70.6 Å². The summed E-state index contributed by atoms with van der Waals surface area (Å²) < 4.78 is 16.9. The van der Waals surface area contributed by atoms with Gasteiger partial charge in [0, 0.05) is 19.3 Å². The SMILES string of the molecule is CC/C=C\C/C=C\C/C=C\C/C=C\C/C=C\C/C=C\CCCCC(=O)OCC(COC(=O)CCCCCCCC/C=C\C/C=C\C/C=C\CCCCC)OC(=O)CCCCCCCCCC/C=C\C/C=C\C/C=C\C/C=C\CC. The van der Waals surface area contributed by atoms with Crippen LogP contribution in [0.1, 0.15) is 265 Å². The smallest absolute Gasteiger partial charge is 0.306 e. The van der Waals surface area contributed by atoms with Gasteiger partial charge in [-0.3, -0.25) is 14.4 Å². The number of hydrogen-bond acceptors (Lipinski definition) is 6. The second-order valence-electron chi connectivity index (χ2n) is 20.5. The molecule has 0 fully saturated rings. The molecule has 0 amide bonds. The third-order valence-electron chi connectivity index (χ3n) is 13.0. The molecule has 0 aromatic carbocycles. The van der Waals surface area contributed by atoms with Gasteiger partial charge in [-0.15, -0.1) is 0 Å². The van der Waals surface area contributed by atoms with E-state index in [0.717, 1.165) is 148 Å². The van der Waals surface area contributed by atoms with Gasteiger partial charge in [-0.2, -0.15) is 0 Å². The Morgan fingerprint density at radius 3 is 0.797 bits per heavy atom. The third kappa shape index (κ3) is 63.7. The second-order valence-corrected chi connectivity index (χ2v) is 20.5. The third-order valence-corrected chi connectivity index (χ3v) is 13.0. The van der Waals surface area contributed by atoms with Crippen molar-refractivity contribution in [3.8, 4) is 0 Å². The molecular formula is C73H116O6. The van der Waals surface area contributed by atoms with Gasteiger partial charge in [0.15, 0.2) is 6.10 Å². The van der Waals surface area contributed by atoms with E-state index in [1.807, 2.05) is 0 Å². The van der Waals surface area contributed by atoms with Crippen molar-refractivity contribution in [3.63, 3.8) is 0 Å². The Morgan fingerprint density at radius 1 is 0.266 bits per heavy atom. The maximum absolute atomic E-state index is 12.9. The highest BCUT2D eigenvalue weighted by atomic mass is 16.6. The topological polar surface area (TPSA) is 78.9 Å². The van der Waals surface area contributed by atoms with Gasteiger partial charge in [0.1, 0.15) is 13.2 Å². The molecule has 0 spiro atoms. The molecule has 0 aliphatic carbocycles. The van der Waals surface area contributed by atoms with Crippen LogP contribution in [0.4, 0.5) is 0 Å². The Balaban J connectivity index is 4.54. The Hall–Kier alpha value is -4.97. The van der Waals surface area contributed by atoms with Gasteiger partial charge in [-0.25, -0.2) is 0 Å². The highest BCUT2D eigenvalue weighted by Crippen LogP contribution is 2.14. The summed E-state index contributed by atoms with van der Waals surface area (Å²) in [6.07, 6.45) is 95.2. The number of hydrogen-bond donors (Lipinski definition) is 0. The number of esters is 3. The van der Waals surface area contributed by atoms with E-state index in [4.69, 9.17) is 14.2 Å². The predicted molar refractivity (Wildman–Crippen MR) is 343 cm³/mol. The van der Waals surface area contributed by atoms with Crippen molar-refractivity contribution < 1.29 is 28.6 Å². The van der Waals surface area contributed by atoms with Crippen LogP contribution in [0.3, 0.4) is 0 Å². The van der Waals surface area contributed by atoms with Gasteiger partial charge in [0.25, 0.3) is 0 Å². The normalized spacial score (nSPS) is 13.2. The lowest BCUT2D eigenvalue weighted by atomic mass is 10.1. The average Bonchev–Trinajstić information content (AvgIpc) is 3.45. The summed E-state index contributed by atoms with van der Waals surface area (Å²) in [6.45, 7) is 6.33. The first-order chi connectivity index (χ1) is 39.0. The molecule has 0 bridgehead atoms. The molecule has 444 valence electrons. The van der Waals surface area contributed by atoms with E-state index in [0.29, 0.717) is 25.7 Å². The maximum Gasteiger partial charge on any atom is 0.306 e. The zero-order valence-corrected chi connectivity index (χ0v) is 50.8. The lowest BCUT2D eigenvalue weighted by Gasteiger charge is -2.18. The first-order valence-corrected chi connectivity index (χ1v) is 32.0. The standard InChI is InChI=1S/C73H116O6/c1-4-7-10-13-16-19-22-25-28-31-34-36-39-42-45-48-51-54-57-60-63-66-72(75)78-69-70(68-77-71(74)65-62-59-56-53-50-47-44-41-38-33-30-27-24-21-18-15-12-9-6-3)79-73(76)67-64-61-58-55-52-49-46-43-40-37-35-32-29-26-23-20-17-14-11-8-5-2/h7-8,10-11,16-21,25-30,34-38,41-42,45,51,54,70H,4-6,9,12-15,22-24,31-33,39-40,43-44,46-50,52-53,55-69H2,1-3H3/b10-7-,11-8-,19-16-,20-17-,21-18-,28-25-,29-26-,30-27-,36-34-,37-35-,41-38-,45-42-,54-51-. The Labute approximate surface area is 486 Å². The summed E-state index contributed by atoms with van der Waals surface area (Å²) >= 11 is 0. The first kappa shape index (κ1) is 74.0. The zero-order chi connectivity index (χ0) is 57.1. The van der Waals surface area contributed by atoms with E-state index in [9.17, 15) is 14.4 Å². The molecule has 79 heavy (non-hydrogen) atoms. The van der Waals surface area contributed by atoms with Gasteiger partial charge in [-0.05, 0) is 148 Å². The van der Waals surface area contributed by atoms with Gasteiger partial charge in [-0.1, -0.05) is 256 Å². The molecule has 6 nitrogen and oxygen atoms in total. The van der Waals surface area contributed by atoms with Crippen molar-refractivity contribution in [3.05, 3.63) is 158 Å². The van der Waals surface area contributed by atoms with Crippen molar-refractivity contribution in [2.45, 2.75) is 271 Å². The van der Waals surface area contributed by atoms with E-state index >= 15 is 0 Å². The summed E-state index contributed by atoms with van der Waals surface area (Å²) in [5.74, 6) is -0.975. The lowest BCUT2D eigenvalue weighted by Crippen LogP contribution is -2.30. The van der Waals surface area contributed by atoms with Gasteiger partial charge < -0.3 is 14.2 Å². The minimum absolute atomic E-state index is 0.109. The molecule has 1 unspecified atom stereocenters. The van der Waals surface area contributed by atoms with Crippen molar-refractivity contribution in [2.75, 3.05) is 13.2 Å². The largest absolute Gasteiger partial charge is 0.462 e. The van der Waals surface area contributed by atoms with Crippen LogP contribution >= 0.6 is 0 Å². The van der Waals surface area contributed by atoms with E-state index in [1.54, 1.807) is 0 Å². The zero-order valence-electron chi connectivity index (χ0n) is 50.8. The molecular weight excluding hydrogens is 973 g/mol. The highest BCUT2D eigenvalue weighted by Gasteiger charge is 2.19. The second kappa shape index (κ2) is 65.5. The number of carbonyl (C=O) groups is 3. The van der Waals surface area contributed by atoms with Crippen LogP contribution in [0, 0.1) is 0 Å². The van der Waals surface area contributed by atoms with Crippen LogP contribution in [0.25, 0.3) is 0 Å². The molecule has 0 saturated carbocycles. The number of rotatable bonds is 56. The molecule has 0 aliphatic rings. The molecule has 0 N–H and O–H groups in total. The van der Waals surface area contributed by atoms with Crippen molar-refractivity contribution in [2.24, 2.45) is 0 Å². The molecule has 0 heterocycles. The fraction of sp³-hybridized carbons (Fsp3) is 0.603. The predicted octanol–water partition coefficient (Wildman–Crippen LogP) is 22.1. The molecule has 1 atom stereocenters. The van der Waals surface area contributed by atoms with Crippen LogP contribution in [-0.2, 0) is 28.6 Å². The Morgan fingerprint density at radius 2 is 0.494 bits per heavy atom. The number of unbranched alkanes of at least 4 members (excludes halogenated alkanes) is 19. The van der Waals surface area contributed by atoms with Crippen molar-refractivity contribution in [1.29, 1.82) is 0 Å². The summed E-state index contributed by atoms with van der Waals surface area (Å²) in [5, 5.41) is 0. The highest BCUT2D eigenvalue weighted by molar-refractivity contribution is 5.71. The minimum Gasteiger partial charge on any atom is -0.462 e. The lowest BCUT2D eigenvalue weighted by molar-refractivity contribution is -0.167. The van der Waals surface area contributed by atoms with Gasteiger partial charge >= 0.3 is 17.9 Å². The number of carbonyl (C=O) groups excluding carboxylic acids is 3. The van der Waals surface area contributed by atoms with Gasteiger partial charge in [0.05, 0.1) is 0 Å². The summed E-state index contributed by atoms with van der Waals surface area (Å²) in [6, 6.07) is 0. The summed E-state index contributed by atoms with van der Waals surface area (Å²) in [5.41, 5.74) is 0. The molecule has 6 heteroatoms. The monoisotopic (exact) mass is 1090 g/mol. The van der Waals surface area contributed by atoms with Crippen LogP contribution in [0.2, 0.25) is 0 Å². The first-order valence-electron chi connectivity index (χ1n) is 32.0. The maximum atomic E-state index is 12.9. The van der Waals surface area contributed by atoms with Crippen LogP contribution in [0.15, 0.2) is 158 Å². The van der Waals surface area contributed by atoms with Crippen LogP contribution < -0.4 is 0 Å². The minimum atomic E-state index is -0.816. The molecule has 0 aliphatic heterocycles. The van der Waals surface area contributed by atoms with Gasteiger partial charge in [0.2, 0.25) is 0 Å². The number of allylic oxidation sites excluding steroid dienone is 26. The van der Waals surface area contributed by atoms with E-state index in [-0.39, 0.29) is 31.1 Å². The molecule has 0 aromatic rings.